The first-order chi connectivity index (χ1) is 6.89. The molecule has 2 aromatic rings. The van der Waals surface area contributed by atoms with Gasteiger partial charge in [0.05, 0.1) is 5.52 Å². The maximum Gasteiger partial charge on any atom is 0.278 e. The van der Waals surface area contributed by atoms with Crippen LogP contribution in [0.4, 0.5) is 0 Å². The van der Waals surface area contributed by atoms with Crippen LogP contribution in [0.1, 0.15) is 0 Å². The van der Waals surface area contributed by atoms with Crippen molar-refractivity contribution < 1.29 is 8.42 Å². The van der Waals surface area contributed by atoms with Crippen molar-refractivity contribution in [1.29, 1.82) is 0 Å². The molecular formula is C8H6BrClN2O2S. The van der Waals surface area contributed by atoms with Gasteiger partial charge in [0.1, 0.15) is 0 Å². The fraction of sp³-hybridized carbons (Fsp3) is 0.125. The van der Waals surface area contributed by atoms with Gasteiger partial charge in [0.2, 0.25) is 0 Å². The topological polar surface area (TPSA) is 52.0 Å². The van der Waals surface area contributed by atoms with E-state index in [0.717, 1.165) is 4.47 Å². The largest absolute Gasteiger partial charge is 0.278 e. The van der Waals surface area contributed by atoms with Crippen LogP contribution in [0.5, 0.6) is 0 Å². The lowest BCUT2D eigenvalue weighted by molar-refractivity contribution is 0.593. The molecule has 15 heavy (non-hydrogen) atoms. The maximum absolute atomic E-state index is 11.3. The summed E-state index contributed by atoms with van der Waals surface area (Å²) in [5, 5.41) is 4.61. The van der Waals surface area contributed by atoms with Crippen LogP contribution in [0.25, 0.3) is 10.9 Å². The monoisotopic (exact) mass is 308 g/mol. The normalized spacial score (nSPS) is 12.2. The average molecular weight is 310 g/mol. The number of aromatic nitrogens is 2. The predicted octanol–water partition coefficient (Wildman–Crippen LogP) is 2.26. The Balaban J connectivity index is 2.92. The van der Waals surface area contributed by atoms with Gasteiger partial charge in [-0.05, 0) is 18.2 Å². The summed E-state index contributed by atoms with van der Waals surface area (Å²) in [6.45, 7) is 0. The number of rotatable bonds is 1. The van der Waals surface area contributed by atoms with Crippen molar-refractivity contribution in [1.82, 2.24) is 9.78 Å². The van der Waals surface area contributed by atoms with E-state index in [0.29, 0.717) is 10.9 Å². The van der Waals surface area contributed by atoms with Crippen LogP contribution < -0.4 is 0 Å². The van der Waals surface area contributed by atoms with Crippen LogP contribution in [0.3, 0.4) is 0 Å². The van der Waals surface area contributed by atoms with Crippen molar-refractivity contribution in [2.75, 3.05) is 0 Å². The second-order valence-electron chi connectivity index (χ2n) is 3.03. The van der Waals surface area contributed by atoms with Crippen LogP contribution in [0, 0.1) is 0 Å². The molecule has 0 aliphatic carbocycles. The van der Waals surface area contributed by atoms with Crippen LogP contribution >= 0.6 is 26.6 Å². The smallest absolute Gasteiger partial charge is 0.255 e. The molecule has 1 aromatic heterocycles. The lowest BCUT2D eigenvalue weighted by atomic mass is 10.3. The molecule has 0 amide bonds. The summed E-state index contributed by atoms with van der Waals surface area (Å²) in [6.07, 6.45) is 0. The molecular weight excluding hydrogens is 304 g/mol. The van der Waals surface area contributed by atoms with Crippen LogP contribution in [-0.2, 0) is 16.1 Å². The third-order valence-electron chi connectivity index (χ3n) is 1.97. The van der Waals surface area contributed by atoms with Crippen molar-refractivity contribution in [3.8, 4) is 0 Å². The van der Waals surface area contributed by atoms with Crippen LogP contribution in [0.15, 0.2) is 27.7 Å². The number of hydrogen-bond donors (Lipinski definition) is 0. The molecule has 0 N–H and O–H groups in total. The maximum atomic E-state index is 11.3. The third-order valence-corrected chi connectivity index (χ3v) is 3.85. The number of nitrogens with zero attached hydrogens (tertiary/aromatic N) is 2. The van der Waals surface area contributed by atoms with E-state index in [1.807, 2.05) is 0 Å². The molecule has 0 aliphatic heterocycles. The first-order valence-electron chi connectivity index (χ1n) is 3.96. The fourth-order valence-corrected chi connectivity index (χ4v) is 3.13. The molecule has 0 bridgehead atoms. The van der Waals surface area contributed by atoms with Gasteiger partial charge < -0.3 is 0 Å². The van der Waals surface area contributed by atoms with Crippen molar-refractivity contribution in [2.45, 2.75) is 5.03 Å². The summed E-state index contributed by atoms with van der Waals surface area (Å²) in [6, 6.07) is 5.15. The zero-order valence-corrected chi connectivity index (χ0v) is 10.8. The molecule has 0 fully saturated rings. The highest BCUT2D eigenvalue weighted by Gasteiger charge is 2.20. The average Bonchev–Trinajstić information content (AvgIpc) is 2.38. The summed E-state index contributed by atoms with van der Waals surface area (Å²) in [5.41, 5.74) is 0.589. The van der Waals surface area contributed by atoms with E-state index in [1.54, 1.807) is 25.2 Å². The van der Waals surface area contributed by atoms with Gasteiger partial charge in [-0.25, -0.2) is 8.42 Å². The molecule has 0 aliphatic rings. The van der Waals surface area contributed by atoms with Gasteiger partial charge in [-0.2, -0.15) is 5.10 Å². The van der Waals surface area contributed by atoms with Gasteiger partial charge in [0.15, 0.2) is 5.03 Å². The lowest BCUT2D eigenvalue weighted by Gasteiger charge is -1.96. The van der Waals surface area contributed by atoms with Crippen LogP contribution in [-0.4, -0.2) is 18.2 Å². The van der Waals surface area contributed by atoms with Gasteiger partial charge in [-0.15, -0.1) is 0 Å². The summed E-state index contributed by atoms with van der Waals surface area (Å²) in [5.74, 6) is 0. The second kappa shape index (κ2) is 3.47. The number of fused-ring (bicyclic) bond motifs is 1. The summed E-state index contributed by atoms with van der Waals surface area (Å²) < 4.78 is 24.7. The second-order valence-corrected chi connectivity index (χ2v) is 6.42. The first kappa shape index (κ1) is 10.9. The summed E-state index contributed by atoms with van der Waals surface area (Å²) >= 11 is 3.28. The highest BCUT2D eigenvalue weighted by molar-refractivity contribution is 9.10. The van der Waals surface area contributed by atoms with Crippen LogP contribution in [0.2, 0.25) is 0 Å². The molecule has 1 heterocycles. The molecule has 0 saturated heterocycles. The van der Waals surface area contributed by atoms with E-state index in [2.05, 4.69) is 21.0 Å². The quantitative estimate of drug-likeness (QED) is 0.759. The third kappa shape index (κ3) is 1.89. The Bertz CT molecular complexity index is 635. The van der Waals surface area contributed by atoms with Crippen molar-refractivity contribution in [3.05, 3.63) is 22.7 Å². The van der Waals surface area contributed by atoms with Gasteiger partial charge in [0, 0.05) is 27.6 Å². The molecule has 0 atom stereocenters. The van der Waals surface area contributed by atoms with E-state index in [9.17, 15) is 8.42 Å². The summed E-state index contributed by atoms with van der Waals surface area (Å²) in [4.78, 5) is 0. The van der Waals surface area contributed by atoms with Gasteiger partial charge in [-0.1, -0.05) is 15.9 Å². The Morgan fingerprint density at radius 2 is 2.13 bits per heavy atom. The van der Waals surface area contributed by atoms with E-state index in [-0.39, 0.29) is 5.03 Å². The number of benzene rings is 1. The zero-order chi connectivity index (χ0) is 11.2. The van der Waals surface area contributed by atoms with E-state index in [1.165, 1.54) is 4.68 Å². The Morgan fingerprint density at radius 3 is 2.73 bits per heavy atom. The highest BCUT2D eigenvalue weighted by atomic mass is 79.9. The SMILES string of the molecule is Cn1nc2cc(Br)ccc2c1S(=O)(=O)Cl. The van der Waals surface area contributed by atoms with E-state index >= 15 is 0 Å². The Hall–Kier alpha value is -0.590. The molecule has 0 radical (unpaired) electrons. The molecule has 0 saturated carbocycles. The molecule has 1 aromatic carbocycles. The minimum absolute atomic E-state index is 0.0201. The molecule has 80 valence electrons. The molecule has 0 unspecified atom stereocenters. The number of halogens is 2. The van der Waals surface area contributed by atoms with Crippen molar-refractivity contribution in [3.63, 3.8) is 0 Å². The first-order valence-corrected chi connectivity index (χ1v) is 7.07. The molecule has 7 heteroatoms. The lowest BCUT2D eigenvalue weighted by Crippen LogP contribution is -2.01. The summed E-state index contributed by atoms with van der Waals surface area (Å²) in [7, 11) is 3.10. The number of aryl methyl sites for hydroxylation is 1. The Kier molecular flexibility index (Phi) is 2.52. The van der Waals surface area contributed by atoms with E-state index < -0.39 is 9.05 Å². The Labute approximate surface area is 99.4 Å². The molecule has 0 spiro atoms. The highest BCUT2D eigenvalue weighted by Crippen LogP contribution is 2.27. The van der Waals surface area contributed by atoms with Gasteiger partial charge in [-0.3, -0.25) is 4.68 Å². The van der Waals surface area contributed by atoms with Crippen molar-refractivity contribution >= 4 is 46.6 Å². The molecule has 2 rings (SSSR count). The predicted molar refractivity (Wildman–Crippen MR) is 61.5 cm³/mol. The van der Waals surface area contributed by atoms with Crippen molar-refractivity contribution in [2.24, 2.45) is 7.05 Å². The minimum Gasteiger partial charge on any atom is -0.255 e. The van der Waals surface area contributed by atoms with Gasteiger partial charge in [0.25, 0.3) is 9.05 Å². The molecule has 4 nitrogen and oxygen atoms in total. The Morgan fingerprint density at radius 1 is 1.47 bits per heavy atom. The van der Waals surface area contributed by atoms with Gasteiger partial charge >= 0.3 is 0 Å². The minimum atomic E-state index is -3.77. The standard InChI is InChI=1S/C8H6BrClN2O2S/c1-12-8(15(10,13)14)6-3-2-5(9)4-7(6)11-12/h2-4H,1H3. The zero-order valence-electron chi connectivity index (χ0n) is 7.61. The fourth-order valence-electron chi connectivity index (χ4n) is 1.44. The van der Waals surface area contributed by atoms with E-state index in [4.69, 9.17) is 10.7 Å². The number of hydrogen-bond acceptors (Lipinski definition) is 3.